The van der Waals surface area contributed by atoms with Crippen LogP contribution in [0.4, 0.5) is 16.6 Å². The lowest BCUT2D eigenvalue weighted by atomic mass is 10.1. The summed E-state index contributed by atoms with van der Waals surface area (Å²) < 4.78 is 0. The first-order valence-electron chi connectivity index (χ1n) is 11.8. The SMILES string of the molecule is Nc1cccc(CC(O)Nc2nnc(CCCCc3ccc(NC(=O)Cc4ccccc4)nn3)s2)c1. The number of nitrogens with zero attached hydrogens (tertiary/aromatic N) is 4. The number of amides is 1. The summed E-state index contributed by atoms with van der Waals surface area (Å²) in [6, 6.07) is 20.7. The second-order valence-electron chi connectivity index (χ2n) is 8.44. The summed E-state index contributed by atoms with van der Waals surface area (Å²) in [5.74, 6) is 0.331. The predicted octanol–water partition coefficient (Wildman–Crippen LogP) is 3.63. The molecular weight excluding hydrogens is 474 g/mol. The standard InChI is InChI=1S/C26H29N7O2S/c27-20-10-6-9-19(15-20)17-24(35)29-26-33-32-25(36-26)12-5-4-11-21-13-14-22(31-30-21)28-23(34)16-18-7-2-1-3-8-18/h1-3,6-10,13-15,24,35H,4-5,11-12,16-17,27H2,(H,29,33)(H,28,31,34). The van der Waals surface area contributed by atoms with E-state index in [2.05, 4.69) is 31.0 Å². The smallest absolute Gasteiger partial charge is 0.229 e. The number of anilines is 3. The van der Waals surface area contributed by atoms with E-state index in [-0.39, 0.29) is 5.91 Å². The van der Waals surface area contributed by atoms with Gasteiger partial charge >= 0.3 is 0 Å². The van der Waals surface area contributed by atoms with E-state index in [0.717, 1.165) is 47.5 Å². The Hall–Kier alpha value is -3.89. The Balaban J connectivity index is 1.15. The summed E-state index contributed by atoms with van der Waals surface area (Å²) in [6.45, 7) is 0. The van der Waals surface area contributed by atoms with Crippen molar-refractivity contribution in [2.45, 2.75) is 44.8 Å². The lowest BCUT2D eigenvalue weighted by Gasteiger charge is -2.11. The first-order valence-corrected chi connectivity index (χ1v) is 12.6. The number of nitrogens with two attached hydrogens (primary N) is 1. The topological polar surface area (TPSA) is 139 Å². The highest BCUT2D eigenvalue weighted by molar-refractivity contribution is 7.15. The van der Waals surface area contributed by atoms with Crippen LogP contribution in [0.25, 0.3) is 0 Å². The normalized spacial score (nSPS) is 11.7. The predicted molar refractivity (Wildman–Crippen MR) is 142 cm³/mol. The highest BCUT2D eigenvalue weighted by Crippen LogP contribution is 2.19. The molecule has 0 aliphatic rings. The number of hydrogen-bond donors (Lipinski definition) is 4. The van der Waals surface area contributed by atoms with Gasteiger partial charge in [-0.2, -0.15) is 5.10 Å². The first kappa shape index (κ1) is 25.2. The maximum atomic E-state index is 12.2. The molecule has 186 valence electrons. The molecule has 0 aliphatic carbocycles. The van der Waals surface area contributed by atoms with Crippen molar-refractivity contribution < 1.29 is 9.90 Å². The molecule has 0 saturated heterocycles. The van der Waals surface area contributed by atoms with E-state index in [1.807, 2.05) is 60.7 Å². The van der Waals surface area contributed by atoms with Crippen LogP contribution in [0.2, 0.25) is 0 Å². The van der Waals surface area contributed by atoms with Crippen molar-refractivity contribution in [2.24, 2.45) is 0 Å². The van der Waals surface area contributed by atoms with E-state index in [1.165, 1.54) is 11.3 Å². The van der Waals surface area contributed by atoms with Gasteiger partial charge in [0.25, 0.3) is 0 Å². The number of aryl methyl sites for hydroxylation is 2. The molecule has 0 saturated carbocycles. The number of benzene rings is 2. The lowest BCUT2D eigenvalue weighted by Crippen LogP contribution is -2.21. The molecule has 1 atom stereocenters. The second-order valence-corrected chi connectivity index (χ2v) is 9.50. The van der Waals surface area contributed by atoms with Crippen LogP contribution >= 0.6 is 11.3 Å². The lowest BCUT2D eigenvalue weighted by molar-refractivity contribution is -0.115. The molecule has 1 amide bonds. The molecule has 0 spiro atoms. The molecule has 10 heteroatoms. The summed E-state index contributed by atoms with van der Waals surface area (Å²) in [4.78, 5) is 12.2. The minimum absolute atomic E-state index is 0.119. The molecule has 1 unspecified atom stereocenters. The largest absolute Gasteiger partial charge is 0.399 e. The molecule has 0 aliphatic heterocycles. The van der Waals surface area contributed by atoms with Gasteiger partial charge in [-0.05, 0) is 54.7 Å². The molecule has 0 fully saturated rings. The van der Waals surface area contributed by atoms with E-state index < -0.39 is 6.23 Å². The molecule has 4 rings (SSSR count). The van der Waals surface area contributed by atoms with Gasteiger partial charge in [0.15, 0.2) is 5.82 Å². The maximum absolute atomic E-state index is 12.2. The van der Waals surface area contributed by atoms with Gasteiger partial charge < -0.3 is 21.5 Å². The molecule has 36 heavy (non-hydrogen) atoms. The molecule has 2 aromatic carbocycles. The molecule has 0 bridgehead atoms. The Kier molecular flexibility index (Phi) is 8.90. The first-order chi connectivity index (χ1) is 17.5. The molecule has 9 nitrogen and oxygen atoms in total. The number of carbonyl (C=O) groups excluding carboxylic acids is 1. The molecular formula is C26H29N7O2S. The number of unbranched alkanes of at least 4 members (excludes halogenated alkanes) is 1. The monoisotopic (exact) mass is 503 g/mol. The van der Waals surface area contributed by atoms with Crippen molar-refractivity contribution in [2.75, 3.05) is 16.4 Å². The zero-order valence-corrected chi connectivity index (χ0v) is 20.6. The summed E-state index contributed by atoms with van der Waals surface area (Å²) in [5, 5.41) is 34.2. The van der Waals surface area contributed by atoms with Crippen molar-refractivity contribution in [1.82, 2.24) is 20.4 Å². The zero-order chi connectivity index (χ0) is 25.2. The quantitative estimate of drug-likeness (QED) is 0.131. The average molecular weight is 504 g/mol. The van der Waals surface area contributed by atoms with Crippen molar-refractivity contribution in [3.05, 3.63) is 88.6 Å². The number of nitrogens with one attached hydrogen (secondary N) is 2. The number of aliphatic hydroxyl groups is 1. The Morgan fingerprint density at radius 2 is 1.72 bits per heavy atom. The van der Waals surface area contributed by atoms with Gasteiger partial charge in [0.1, 0.15) is 11.2 Å². The summed E-state index contributed by atoms with van der Waals surface area (Å²) in [5.41, 5.74) is 9.24. The van der Waals surface area contributed by atoms with Crippen molar-refractivity contribution in [1.29, 1.82) is 0 Å². The van der Waals surface area contributed by atoms with Crippen LogP contribution in [0, 0.1) is 0 Å². The zero-order valence-electron chi connectivity index (χ0n) is 19.8. The van der Waals surface area contributed by atoms with Gasteiger partial charge in [-0.3, -0.25) is 4.79 Å². The Labute approximate surface area is 213 Å². The molecule has 2 heterocycles. The van der Waals surface area contributed by atoms with Crippen molar-refractivity contribution in [3.8, 4) is 0 Å². The van der Waals surface area contributed by atoms with E-state index in [4.69, 9.17) is 5.73 Å². The summed E-state index contributed by atoms with van der Waals surface area (Å²) in [6.07, 6.45) is 3.40. The Morgan fingerprint density at radius 3 is 2.50 bits per heavy atom. The molecule has 4 aromatic rings. The third kappa shape index (κ3) is 8.10. The minimum atomic E-state index is -0.766. The number of carbonyl (C=O) groups is 1. The highest BCUT2D eigenvalue weighted by Gasteiger charge is 2.10. The number of hydrogen-bond acceptors (Lipinski definition) is 9. The van der Waals surface area contributed by atoms with Crippen LogP contribution in [-0.2, 0) is 30.5 Å². The fraction of sp³-hybridized carbons (Fsp3) is 0.269. The fourth-order valence-corrected chi connectivity index (χ4v) is 4.49. The Morgan fingerprint density at radius 1 is 0.917 bits per heavy atom. The van der Waals surface area contributed by atoms with E-state index in [0.29, 0.717) is 29.5 Å². The van der Waals surface area contributed by atoms with E-state index >= 15 is 0 Å². The fourth-order valence-electron chi connectivity index (χ4n) is 3.66. The summed E-state index contributed by atoms with van der Waals surface area (Å²) >= 11 is 1.44. The van der Waals surface area contributed by atoms with Gasteiger partial charge in [-0.25, -0.2) is 0 Å². The number of nitrogen functional groups attached to an aromatic ring is 1. The van der Waals surface area contributed by atoms with Gasteiger partial charge in [-0.1, -0.05) is 53.8 Å². The van der Waals surface area contributed by atoms with E-state index in [1.54, 1.807) is 6.07 Å². The van der Waals surface area contributed by atoms with Gasteiger partial charge in [0.2, 0.25) is 11.0 Å². The van der Waals surface area contributed by atoms with Gasteiger partial charge in [-0.15, -0.1) is 15.3 Å². The number of aliphatic hydroxyl groups excluding tert-OH is 1. The minimum Gasteiger partial charge on any atom is -0.399 e. The van der Waals surface area contributed by atoms with Crippen LogP contribution in [0.1, 0.15) is 34.7 Å². The van der Waals surface area contributed by atoms with Gasteiger partial charge in [0, 0.05) is 18.5 Å². The van der Waals surface area contributed by atoms with Crippen LogP contribution < -0.4 is 16.4 Å². The highest BCUT2D eigenvalue weighted by atomic mass is 32.1. The number of rotatable bonds is 12. The van der Waals surface area contributed by atoms with Crippen LogP contribution in [0.3, 0.4) is 0 Å². The van der Waals surface area contributed by atoms with Crippen LogP contribution in [0.5, 0.6) is 0 Å². The third-order valence-corrected chi connectivity index (χ3v) is 6.32. The molecule has 5 N–H and O–H groups in total. The van der Waals surface area contributed by atoms with Crippen molar-refractivity contribution >= 4 is 33.9 Å². The second kappa shape index (κ2) is 12.7. The summed E-state index contributed by atoms with van der Waals surface area (Å²) in [7, 11) is 0. The maximum Gasteiger partial charge on any atom is 0.229 e. The number of aromatic nitrogens is 4. The Bertz CT molecular complexity index is 1250. The van der Waals surface area contributed by atoms with Crippen LogP contribution in [-0.4, -0.2) is 37.6 Å². The molecule has 0 radical (unpaired) electrons. The average Bonchev–Trinajstić information content (AvgIpc) is 3.30. The van der Waals surface area contributed by atoms with Crippen molar-refractivity contribution in [3.63, 3.8) is 0 Å². The third-order valence-electron chi connectivity index (χ3n) is 5.41. The molecule has 2 aromatic heterocycles. The van der Waals surface area contributed by atoms with Crippen LogP contribution in [0.15, 0.2) is 66.7 Å². The van der Waals surface area contributed by atoms with Gasteiger partial charge in [0.05, 0.1) is 12.1 Å². The van der Waals surface area contributed by atoms with E-state index in [9.17, 15) is 9.90 Å².